The quantitative estimate of drug-likeness (QED) is 0.246. The van der Waals surface area contributed by atoms with E-state index in [-0.39, 0.29) is 0 Å². The molecular formula is C3H4N2S2. The molecule has 0 unspecified atom stereocenters. The Balaban J connectivity index is 3.02. The topological polar surface area (TPSA) is 35.8 Å². The maximum atomic E-state index is 7.86. The Labute approximate surface area is 52.9 Å². The molecule has 0 aliphatic carbocycles. The maximum absolute atomic E-state index is 7.86. The number of rotatable bonds is 2. The highest BCUT2D eigenvalue weighted by Crippen LogP contribution is 1.77. The molecular weight excluding hydrogens is 128 g/mol. The smallest absolute Gasteiger partial charge is 0.176 e. The van der Waals surface area contributed by atoms with Gasteiger partial charge in [-0.05, 0) is 0 Å². The third kappa shape index (κ3) is 5.73. The fourth-order valence-corrected chi connectivity index (χ4v) is 0.266. The summed E-state index contributed by atoms with van der Waals surface area (Å²) < 4.78 is 0.501. The lowest BCUT2D eigenvalue weighted by atomic mass is 10.8. The number of hydrogen-bond donors (Lipinski definition) is 2. The van der Waals surface area contributed by atoms with Gasteiger partial charge in [0.25, 0.3) is 0 Å². The van der Waals surface area contributed by atoms with E-state index in [4.69, 9.17) is 5.26 Å². The average molecular weight is 132 g/mol. The molecule has 0 atom stereocenters. The van der Waals surface area contributed by atoms with Crippen LogP contribution in [0.3, 0.4) is 0 Å². The first-order valence-electron chi connectivity index (χ1n) is 1.61. The third-order valence-corrected chi connectivity index (χ3v) is 0.621. The number of hydrogen-bond acceptors (Lipinski definition) is 3. The number of nitrogens with one attached hydrogen (secondary N) is 1. The lowest BCUT2D eigenvalue weighted by Gasteiger charge is -1.86. The average Bonchev–Trinajstić information content (AvgIpc) is 1.61. The highest BCUT2D eigenvalue weighted by Gasteiger charge is 1.81. The Morgan fingerprint density at radius 3 is 2.71 bits per heavy atom. The van der Waals surface area contributed by atoms with Crippen LogP contribution in [0, 0.1) is 11.5 Å². The van der Waals surface area contributed by atoms with Crippen molar-refractivity contribution in [2.75, 3.05) is 6.54 Å². The number of nitrogens with zero attached hydrogens (tertiary/aromatic N) is 1. The van der Waals surface area contributed by atoms with Gasteiger partial charge in [0, 0.05) is 0 Å². The second kappa shape index (κ2) is 3.90. The van der Waals surface area contributed by atoms with Crippen LogP contribution in [0.25, 0.3) is 0 Å². The van der Waals surface area contributed by atoms with Gasteiger partial charge in [0.05, 0.1) is 10.7 Å². The largest absolute Gasteiger partial charge is 0.318 e. The van der Waals surface area contributed by atoms with Crippen molar-refractivity contribution in [1.29, 1.82) is 5.26 Å². The summed E-state index contributed by atoms with van der Waals surface area (Å²) in [6.45, 7) is 0.384. The molecule has 7 heavy (non-hydrogen) atoms. The number of thiol groups is 1. The van der Waals surface area contributed by atoms with Gasteiger partial charge in [-0.2, -0.15) is 5.26 Å². The summed E-state index contributed by atoms with van der Waals surface area (Å²) in [4.78, 5) is 0. The molecule has 0 bridgehead atoms. The molecule has 0 spiro atoms. The molecule has 0 aromatic carbocycles. The zero-order valence-electron chi connectivity index (χ0n) is 3.51. The second-order valence-corrected chi connectivity index (χ2v) is 2.19. The minimum Gasteiger partial charge on any atom is -0.318 e. The number of nitriles is 1. The summed E-state index contributed by atoms with van der Waals surface area (Å²) in [6, 6.07) is 0. The van der Waals surface area contributed by atoms with E-state index in [1.54, 1.807) is 6.19 Å². The van der Waals surface area contributed by atoms with Crippen molar-refractivity contribution in [2.24, 2.45) is 0 Å². The van der Waals surface area contributed by atoms with Crippen molar-refractivity contribution < 1.29 is 0 Å². The molecule has 0 saturated carbocycles. The highest BCUT2D eigenvalue weighted by atomic mass is 32.1. The van der Waals surface area contributed by atoms with Gasteiger partial charge in [-0.25, -0.2) is 0 Å². The van der Waals surface area contributed by atoms with E-state index < -0.39 is 0 Å². The van der Waals surface area contributed by atoms with Crippen LogP contribution in [0.2, 0.25) is 0 Å². The molecule has 0 aromatic rings. The summed E-state index contributed by atoms with van der Waals surface area (Å²) in [5.41, 5.74) is 0. The predicted octanol–water partition coefficient (Wildman–Crippen LogP) is 0.314. The van der Waals surface area contributed by atoms with Crippen molar-refractivity contribution in [3.05, 3.63) is 0 Å². The molecule has 0 aliphatic rings. The van der Waals surface area contributed by atoms with Crippen molar-refractivity contribution >= 4 is 29.0 Å². The Hall–Kier alpha value is -0.270. The number of thiocarbonyl (C=S) groups is 1. The lowest BCUT2D eigenvalue weighted by molar-refractivity contribution is 1.05. The second-order valence-electron chi connectivity index (χ2n) is 0.859. The Kier molecular flexibility index (Phi) is 3.75. The van der Waals surface area contributed by atoms with Crippen LogP contribution in [0.5, 0.6) is 0 Å². The zero-order chi connectivity index (χ0) is 5.70. The molecule has 2 nitrogen and oxygen atoms in total. The highest BCUT2D eigenvalue weighted by molar-refractivity contribution is 8.11. The van der Waals surface area contributed by atoms with Gasteiger partial charge in [0.15, 0.2) is 6.19 Å². The lowest BCUT2D eigenvalue weighted by Crippen LogP contribution is -2.11. The molecule has 0 rings (SSSR count). The van der Waals surface area contributed by atoms with Crippen LogP contribution >= 0.6 is 24.8 Å². The first-order chi connectivity index (χ1) is 3.27. The van der Waals surface area contributed by atoms with Gasteiger partial charge in [0.2, 0.25) is 0 Å². The fraction of sp³-hybridized carbons (Fsp3) is 0.333. The standard InChI is InChI=1S/C3H4N2S2/c4-2-5-1-3(6)7/h5H,1H2,(H,6,7). The predicted molar refractivity (Wildman–Crippen MR) is 35.2 cm³/mol. The summed E-state index contributed by atoms with van der Waals surface area (Å²) in [6.07, 6.45) is 1.71. The Morgan fingerprint density at radius 1 is 2.00 bits per heavy atom. The van der Waals surface area contributed by atoms with Crippen molar-refractivity contribution in [3.8, 4) is 6.19 Å². The van der Waals surface area contributed by atoms with Crippen LogP contribution in [0.15, 0.2) is 0 Å². The van der Waals surface area contributed by atoms with E-state index in [1.165, 1.54) is 0 Å². The maximum Gasteiger partial charge on any atom is 0.176 e. The van der Waals surface area contributed by atoms with Gasteiger partial charge in [-0.15, -0.1) is 12.6 Å². The minimum absolute atomic E-state index is 0.384. The van der Waals surface area contributed by atoms with Gasteiger partial charge < -0.3 is 5.32 Å². The molecule has 4 heteroatoms. The van der Waals surface area contributed by atoms with Crippen LogP contribution in [-0.4, -0.2) is 10.7 Å². The molecule has 0 fully saturated rings. The fourth-order valence-electron chi connectivity index (χ4n) is 0.115. The van der Waals surface area contributed by atoms with Crippen molar-refractivity contribution in [3.63, 3.8) is 0 Å². The van der Waals surface area contributed by atoms with E-state index in [2.05, 4.69) is 30.2 Å². The van der Waals surface area contributed by atoms with Crippen LogP contribution in [-0.2, 0) is 0 Å². The SMILES string of the molecule is N#CNCC(=S)S. The molecule has 38 valence electrons. The molecule has 1 N–H and O–H groups in total. The van der Waals surface area contributed by atoms with Crippen molar-refractivity contribution in [2.45, 2.75) is 0 Å². The van der Waals surface area contributed by atoms with Gasteiger partial charge in [0.1, 0.15) is 0 Å². The Morgan fingerprint density at radius 2 is 2.57 bits per heavy atom. The molecule has 0 radical (unpaired) electrons. The van der Waals surface area contributed by atoms with E-state index in [1.807, 2.05) is 0 Å². The van der Waals surface area contributed by atoms with E-state index >= 15 is 0 Å². The van der Waals surface area contributed by atoms with Crippen LogP contribution < -0.4 is 5.32 Å². The summed E-state index contributed by atoms with van der Waals surface area (Å²) >= 11 is 8.26. The first-order valence-corrected chi connectivity index (χ1v) is 2.46. The first kappa shape index (κ1) is 6.73. The molecule has 0 heterocycles. The van der Waals surface area contributed by atoms with E-state index in [9.17, 15) is 0 Å². The minimum atomic E-state index is 0.384. The molecule has 0 aromatic heterocycles. The van der Waals surface area contributed by atoms with Gasteiger partial charge in [-0.1, -0.05) is 12.2 Å². The molecule has 0 saturated heterocycles. The molecule has 0 amide bonds. The Bertz CT molecular complexity index is 104. The van der Waals surface area contributed by atoms with Crippen LogP contribution in [0.1, 0.15) is 0 Å². The summed E-state index contributed by atoms with van der Waals surface area (Å²) in [5.74, 6) is 0. The van der Waals surface area contributed by atoms with Gasteiger partial charge in [-0.3, -0.25) is 0 Å². The van der Waals surface area contributed by atoms with Gasteiger partial charge >= 0.3 is 0 Å². The zero-order valence-corrected chi connectivity index (χ0v) is 5.22. The normalized spacial score (nSPS) is 6.86. The van der Waals surface area contributed by atoms with Crippen LogP contribution in [0.4, 0.5) is 0 Å². The summed E-state index contributed by atoms with van der Waals surface area (Å²) in [7, 11) is 0. The van der Waals surface area contributed by atoms with Crippen molar-refractivity contribution in [1.82, 2.24) is 5.32 Å². The monoisotopic (exact) mass is 132 g/mol. The third-order valence-electron chi connectivity index (χ3n) is 0.319. The van der Waals surface area contributed by atoms with E-state index in [0.717, 1.165) is 0 Å². The molecule has 0 aliphatic heterocycles. The summed E-state index contributed by atoms with van der Waals surface area (Å²) in [5, 5.41) is 10.2. The van der Waals surface area contributed by atoms with E-state index in [0.29, 0.717) is 10.7 Å².